The van der Waals surface area contributed by atoms with Crippen LogP contribution < -0.4 is 10.6 Å². The Morgan fingerprint density at radius 1 is 1.50 bits per heavy atom. The predicted molar refractivity (Wildman–Crippen MR) is 91.3 cm³/mol. The van der Waals surface area contributed by atoms with Crippen molar-refractivity contribution < 1.29 is 4.39 Å². The monoisotopic (exact) mass is 319 g/mol. The zero-order chi connectivity index (χ0) is 16.1. The first-order chi connectivity index (χ1) is 10.5. The van der Waals surface area contributed by atoms with Gasteiger partial charge in [-0.05, 0) is 37.1 Å². The topological polar surface area (TPSA) is 36.4 Å². The summed E-state index contributed by atoms with van der Waals surface area (Å²) in [6, 6.07) is 0. The first-order valence-corrected chi connectivity index (χ1v) is 7.40. The fourth-order valence-corrected chi connectivity index (χ4v) is 2.24. The summed E-state index contributed by atoms with van der Waals surface area (Å²) in [4.78, 5) is 4.25. The molecule has 3 nitrogen and oxygen atoms in total. The number of aliphatic imine (C=N–C) groups is 1. The number of hydrogen-bond acceptors (Lipinski definition) is 3. The summed E-state index contributed by atoms with van der Waals surface area (Å²) < 4.78 is 14.1. The van der Waals surface area contributed by atoms with Crippen LogP contribution in [0.15, 0.2) is 75.5 Å². The third-order valence-corrected chi connectivity index (χ3v) is 3.81. The summed E-state index contributed by atoms with van der Waals surface area (Å²) in [5.74, 6) is -0.297. The van der Waals surface area contributed by atoms with E-state index in [0.29, 0.717) is 29.9 Å². The predicted octanol–water partition coefficient (Wildman–Crippen LogP) is 3.86. The van der Waals surface area contributed by atoms with Gasteiger partial charge in [-0.25, -0.2) is 4.39 Å². The largest absolute Gasteiger partial charge is 0.384 e. The van der Waals surface area contributed by atoms with Gasteiger partial charge in [-0.15, -0.1) is 0 Å². The van der Waals surface area contributed by atoms with E-state index in [1.54, 1.807) is 12.3 Å². The summed E-state index contributed by atoms with van der Waals surface area (Å²) in [7, 11) is 0. The average molecular weight is 320 g/mol. The molecule has 0 fully saturated rings. The van der Waals surface area contributed by atoms with Crippen molar-refractivity contribution in [2.24, 2.45) is 4.99 Å². The molecule has 2 rings (SSSR count). The fourth-order valence-electron chi connectivity index (χ4n) is 2.06. The minimum Gasteiger partial charge on any atom is -0.384 e. The molecule has 0 spiro atoms. The lowest BCUT2D eigenvalue weighted by Crippen LogP contribution is -2.26. The normalized spacial score (nSPS) is 20.8. The van der Waals surface area contributed by atoms with Crippen molar-refractivity contribution in [3.8, 4) is 0 Å². The van der Waals surface area contributed by atoms with E-state index in [2.05, 4.69) is 22.2 Å². The first kappa shape index (κ1) is 16.3. The molecule has 2 N–H and O–H groups in total. The third kappa shape index (κ3) is 3.77. The average Bonchev–Trinajstić information content (AvgIpc) is 2.49. The quantitative estimate of drug-likeness (QED) is 0.825. The summed E-state index contributed by atoms with van der Waals surface area (Å²) in [6.07, 6.45) is 8.44. The summed E-state index contributed by atoms with van der Waals surface area (Å²) in [6.45, 7) is 8.59. The molecule has 0 saturated carbocycles. The van der Waals surface area contributed by atoms with Gasteiger partial charge >= 0.3 is 0 Å². The first-order valence-electron chi connectivity index (χ1n) is 7.02. The highest BCUT2D eigenvalue weighted by molar-refractivity contribution is 6.30. The SMILES string of the molecule is C=C1C=C(F)C(CNC2=CNCC(Cl)=C2C)=C/C1=N/C=C\C. The van der Waals surface area contributed by atoms with Gasteiger partial charge in [0, 0.05) is 29.6 Å². The maximum absolute atomic E-state index is 14.1. The van der Waals surface area contributed by atoms with Gasteiger partial charge in [-0.3, -0.25) is 4.99 Å². The second kappa shape index (κ2) is 7.27. The van der Waals surface area contributed by atoms with Gasteiger partial charge in [0.05, 0.1) is 18.0 Å². The zero-order valence-electron chi connectivity index (χ0n) is 12.7. The van der Waals surface area contributed by atoms with Gasteiger partial charge in [0.2, 0.25) is 0 Å². The molecule has 1 aliphatic carbocycles. The zero-order valence-corrected chi connectivity index (χ0v) is 13.5. The molecule has 5 heteroatoms. The van der Waals surface area contributed by atoms with Crippen LogP contribution in [-0.2, 0) is 0 Å². The van der Waals surface area contributed by atoms with E-state index >= 15 is 0 Å². The lowest BCUT2D eigenvalue weighted by molar-refractivity contribution is 0.637. The van der Waals surface area contributed by atoms with Crippen LogP contribution in [0.4, 0.5) is 4.39 Å². The van der Waals surface area contributed by atoms with Gasteiger partial charge < -0.3 is 10.6 Å². The number of dihydropyridines is 1. The van der Waals surface area contributed by atoms with Gasteiger partial charge in [0.25, 0.3) is 0 Å². The lowest BCUT2D eigenvalue weighted by Gasteiger charge is -2.20. The van der Waals surface area contributed by atoms with Crippen LogP contribution in [0.1, 0.15) is 13.8 Å². The Hall–Kier alpha value is -2.07. The van der Waals surface area contributed by atoms with Crippen molar-refractivity contribution in [3.05, 3.63) is 70.5 Å². The van der Waals surface area contributed by atoms with Gasteiger partial charge in [-0.1, -0.05) is 24.3 Å². The van der Waals surface area contributed by atoms with Crippen molar-refractivity contribution in [1.82, 2.24) is 10.6 Å². The number of nitrogens with zero attached hydrogens (tertiary/aromatic N) is 1. The molecule has 116 valence electrons. The van der Waals surface area contributed by atoms with Crippen LogP contribution in [0.25, 0.3) is 0 Å². The molecule has 0 aromatic rings. The highest BCUT2D eigenvalue weighted by Crippen LogP contribution is 2.23. The van der Waals surface area contributed by atoms with E-state index < -0.39 is 0 Å². The third-order valence-electron chi connectivity index (χ3n) is 3.39. The number of hydrogen-bond donors (Lipinski definition) is 2. The molecular formula is C17H19ClFN3. The van der Waals surface area contributed by atoms with Gasteiger partial charge in [0.15, 0.2) is 0 Å². The highest BCUT2D eigenvalue weighted by atomic mass is 35.5. The van der Waals surface area contributed by atoms with E-state index in [4.69, 9.17) is 11.6 Å². The molecule has 0 unspecified atom stereocenters. The van der Waals surface area contributed by atoms with Crippen molar-refractivity contribution >= 4 is 17.3 Å². The van der Waals surface area contributed by atoms with E-state index in [1.807, 2.05) is 26.1 Å². The fraction of sp³-hybridized carbons (Fsp3) is 0.235. The molecule has 0 atom stereocenters. The number of halogens is 2. The lowest BCUT2D eigenvalue weighted by atomic mass is 10.00. The summed E-state index contributed by atoms with van der Waals surface area (Å²) in [5, 5.41) is 7.02. The van der Waals surface area contributed by atoms with Crippen molar-refractivity contribution in [2.75, 3.05) is 13.1 Å². The molecule has 0 aromatic carbocycles. The molecule has 0 aromatic heterocycles. The Kier molecular flexibility index (Phi) is 5.39. The van der Waals surface area contributed by atoms with Gasteiger partial charge in [0.1, 0.15) is 5.83 Å². The minimum absolute atomic E-state index is 0.297. The number of allylic oxidation sites excluding steroid dienone is 5. The van der Waals surface area contributed by atoms with Crippen LogP contribution in [0.3, 0.4) is 0 Å². The smallest absolute Gasteiger partial charge is 0.128 e. The minimum atomic E-state index is -0.297. The molecule has 22 heavy (non-hydrogen) atoms. The van der Waals surface area contributed by atoms with Crippen molar-refractivity contribution in [1.29, 1.82) is 0 Å². The second-order valence-electron chi connectivity index (χ2n) is 5.01. The Morgan fingerprint density at radius 2 is 2.27 bits per heavy atom. The molecule has 0 bridgehead atoms. The van der Waals surface area contributed by atoms with Crippen molar-refractivity contribution in [3.63, 3.8) is 0 Å². The van der Waals surface area contributed by atoms with E-state index in [0.717, 1.165) is 16.3 Å². The molecule has 1 aliphatic heterocycles. The van der Waals surface area contributed by atoms with Crippen molar-refractivity contribution in [2.45, 2.75) is 13.8 Å². The molecule has 1 heterocycles. The molecule has 0 radical (unpaired) electrons. The van der Waals surface area contributed by atoms with Crippen LogP contribution in [-0.4, -0.2) is 18.8 Å². The molecule has 0 saturated heterocycles. The maximum atomic E-state index is 14.1. The van der Waals surface area contributed by atoms with Crippen LogP contribution in [0, 0.1) is 0 Å². The Balaban J connectivity index is 2.13. The molecule has 2 aliphatic rings. The maximum Gasteiger partial charge on any atom is 0.128 e. The standard InChI is InChI=1S/C17H19ClFN3/c1-4-5-21-16-7-13(15(19)6-11(16)2)8-22-17-10-20-9-14(18)12(17)3/h4-7,10,20,22H,2,8-9H2,1,3H3/b5-4-,21-16-. The summed E-state index contributed by atoms with van der Waals surface area (Å²) >= 11 is 6.11. The van der Waals surface area contributed by atoms with E-state index in [-0.39, 0.29) is 5.83 Å². The Bertz CT molecular complexity index is 663. The number of rotatable bonds is 4. The van der Waals surface area contributed by atoms with Crippen LogP contribution in [0.5, 0.6) is 0 Å². The summed E-state index contributed by atoms with van der Waals surface area (Å²) in [5.41, 5.74) is 3.59. The van der Waals surface area contributed by atoms with Crippen LogP contribution >= 0.6 is 11.6 Å². The molecule has 0 amide bonds. The van der Waals surface area contributed by atoms with E-state index in [1.165, 1.54) is 6.08 Å². The van der Waals surface area contributed by atoms with E-state index in [9.17, 15) is 4.39 Å². The highest BCUT2D eigenvalue weighted by Gasteiger charge is 2.16. The van der Waals surface area contributed by atoms with Crippen LogP contribution in [0.2, 0.25) is 0 Å². The van der Waals surface area contributed by atoms with Gasteiger partial charge in [-0.2, -0.15) is 0 Å². The second-order valence-corrected chi connectivity index (χ2v) is 5.46. The Morgan fingerprint density at radius 3 is 3.00 bits per heavy atom. The molecular weight excluding hydrogens is 301 g/mol. The number of nitrogens with one attached hydrogen (secondary N) is 2. The Labute approximate surface area is 135 Å².